The van der Waals surface area contributed by atoms with Crippen LogP contribution in [-0.2, 0) is 0 Å². The third-order valence-corrected chi connectivity index (χ3v) is 2.86. The van der Waals surface area contributed by atoms with E-state index in [-0.39, 0.29) is 0 Å². The van der Waals surface area contributed by atoms with E-state index in [1.807, 2.05) is 0 Å². The van der Waals surface area contributed by atoms with Gasteiger partial charge in [0.05, 0.1) is 0 Å². The molecular formula is C14H11. The second-order valence-corrected chi connectivity index (χ2v) is 3.88. The lowest BCUT2D eigenvalue weighted by Crippen LogP contribution is -1.95. The number of allylic oxidation sites excluding steroid dienone is 5. The monoisotopic (exact) mass is 179 g/mol. The van der Waals surface area contributed by atoms with Crippen LogP contribution in [0.5, 0.6) is 0 Å². The SMILES string of the molecule is Cc1[c]c2c(cc1)C1C=CC=CC1=C2. The Hall–Kier alpha value is -1.56. The van der Waals surface area contributed by atoms with Gasteiger partial charge in [-0.2, -0.15) is 0 Å². The number of benzene rings is 1. The van der Waals surface area contributed by atoms with E-state index in [0.717, 1.165) is 0 Å². The zero-order valence-electron chi connectivity index (χ0n) is 8.12. The van der Waals surface area contributed by atoms with Gasteiger partial charge in [-0.1, -0.05) is 36.4 Å². The van der Waals surface area contributed by atoms with Crippen LogP contribution in [0, 0.1) is 13.0 Å². The first-order chi connectivity index (χ1) is 6.84. The number of hydrogen-bond donors (Lipinski definition) is 0. The van der Waals surface area contributed by atoms with Crippen LogP contribution < -0.4 is 0 Å². The molecule has 0 heteroatoms. The van der Waals surface area contributed by atoms with Gasteiger partial charge in [-0.3, -0.25) is 0 Å². The summed E-state index contributed by atoms with van der Waals surface area (Å²) in [6.07, 6.45) is 10.9. The molecule has 0 amide bonds. The molecule has 1 atom stereocenters. The summed E-state index contributed by atoms with van der Waals surface area (Å²) in [6, 6.07) is 7.76. The van der Waals surface area contributed by atoms with Crippen molar-refractivity contribution in [2.75, 3.05) is 0 Å². The molecule has 0 spiro atoms. The molecule has 0 bridgehead atoms. The molecule has 1 aromatic carbocycles. The van der Waals surface area contributed by atoms with Crippen molar-refractivity contribution < 1.29 is 0 Å². The highest BCUT2D eigenvalue weighted by molar-refractivity contribution is 5.71. The third kappa shape index (κ3) is 1.00. The first kappa shape index (κ1) is 7.81. The highest BCUT2D eigenvalue weighted by Gasteiger charge is 2.22. The van der Waals surface area contributed by atoms with Gasteiger partial charge in [0.15, 0.2) is 0 Å². The van der Waals surface area contributed by atoms with Gasteiger partial charge in [-0.05, 0) is 41.3 Å². The van der Waals surface area contributed by atoms with Crippen molar-refractivity contribution >= 4 is 6.08 Å². The van der Waals surface area contributed by atoms with Crippen LogP contribution in [0.25, 0.3) is 6.08 Å². The summed E-state index contributed by atoms with van der Waals surface area (Å²) in [5.41, 5.74) is 5.27. The highest BCUT2D eigenvalue weighted by atomic mass is 14.3. The van der Waals surface area contributed by atoms with Gasteiger partial charge < -0.3 is 0 Å². The van der Waals surface area contributed by atoms with Crippen LogP contribution >= 0.6 is 0 Å². The molecule has 2 aliphatic carbocycles. The zero-order valence-corrected chi connectivity index (χ0v) is 8.12. The molecule has 1 radical (unpaired) electrons. The summed E-state index contributed by atoms with van der Waals surface area (Å²) in [5.74, 6) is 0.479. The molecule has 0 aromatic heterocycles. The van der Waals surface area contributed by atoms with E-state index in [9.17, 15) is 0 Å². The van der Waals surface area contributed by atoms with Crippen LogP contribution in [0.15, 0.2) is 42.0 Å². The minimum atomic E-state index is 0.479. The van der Waals surface area contributed by atoms with Crippen molar-refractivity contribution in [3.63, 3.8) is 0 Å². The Balaban J connectivity index is 2.20. The van der Waals surface area contributed by atoms with Crippen LogP contribution in [0.3, 0.4) is 0 Å². The van der Waals surface area contributed by atoms with Gasteiger partial charge in [0.1, 0.15) is 0 Å². The smallest absolute Gasteiger partial charge is 0.0278 e. The summed E-state index contributed by atoms with van der Waals surface area (Å²) in [5, 5.41) is 0. The van der Waals surface area contributed by atoms with E-state index >= 15 is 0 Å². The maximum atomic E-state index is 3.40. The summed E-state index contributed by atoms with van der Waals surface area (Å²) in [6.45, 7) is 2.09. The van der Waals surface area contributed by atoms with E-state index in [0.29, 0.717) is 5.92 Å². The van der Waals surface area contributed by atoms with Gasteiger partial charge in [0, 0.05) is 5.92 Å². The molecular weight excluding hydrogens is 168 g/mol. The minimum absolute atomic E-state index is 0.479. The predicted molar refractivity (Wildman–Crippen MR) is 59.0 cm³/mol. The van der Waals surface area contributed by atoms with Gasteiger partial charge in [0.2, 0.25) is 0 Å². The lowest BCUT2D eigenvalue weighted by atomic mass is 9.92. The van der Waals surface area contributed by atoms with E-state index < -0.39 is 0 Å². The number of hydrogen-bond acceptors (Lipinski definition) is 0. The Labute approximate surface area is 84.3 Å². The number of fused-ring (bicyclic) bond motifs is 3. The normalized spacial score (nSPS) is 21.8. The van der Waals surface area contributed by atoms with Crippen molar-refractivity contribution in [1.82, 2.24) is 0 Å². The lowest BCUT2D eigenvalue weighted by molar-refractivity contribution is 1.05. The van der Waals surface area contributed by atoms with Gasteiger partial charge >= 0.3 is 0 Å². The summed E-state index contributed by atoms with van der Waals surface area (Å²) in [4.78, 5) is 0. The third-order valence-electron chi connectivity index (χ3n) is 2.86. The standard InChI is InChI=1S/C14H11/c1-10-6-7-14-12(8-10)9-11-4-2-3-5-13(11)14/h2-7,9,13H,1H3. The van der Waals surface area contributed by atoms with E-state index in [1.54, 1.807) is 0 Å². The van der Waals surface area contributed by atoms with Crippen LogP contribution in [0.1, 0.15) is 22.6 Å². The van der Waals surface area contributed by atoms with Gasteiger partial charge in [-0.15, -0.1) is 0 Å². The Morgan fingerprint density at radius 3 is 3.07 bits per heavy atom. The fraction of sp³-hybridized carbons (Fsp3) is 0.143. The number of aryl methyl sites for hydroxylation is 1. The van der Waals surface area contributed by atoms with Crippen molar-refractivity contribution in [2.45, 2.75) is 12.8 Å². The van der Waals surface area contributed by atoms with Crippen molar-refractivity contribution in [1.29, 1.82) is 0 Å². The molecule has 1 unspecified atom stereocenters. The summed E-state index contributed by atoms with van der Waals surface area (Å²) in [7, 11) is 0. The molecule has 0 aliphatic heterocycles. The van der Waals surface area contributed by atoms with Gasteiger partial charge in [-0.25, -0.2) is 0 Å². The molecule has 14 heavy (non-hydrogen) atoms. The molecule has 0 nitrogen and oxygen atoms in total. The highest BCUT2D eigenvalue weighted by Crippen LogP contribution is 2.39. The van der Waals surface area contributed by atoms with Crippen LogP contribution in [0.2, 0.25) is 0 Å². The van der Waals surface area contributed by atoms with Crippen molar-refractivity contribution in [2.24, 2.45) is 0 Å². The molecule has 67 valence electrons. The Bertz CT molecular complexity index is 473. The summed E-state index contributed by atoms with van der Waals surface area (Å²) < 4.78 is 0. The molecule has 3 rings (SSSR count). The largest absolute Gasteiger partial charge is 0.0726 e. The van der Waals surface area contributed by atoms with Gasteiger partial charge in [0.25, 0.3) is 0 Å². The fourth-order valence-corrected chi connectivity index (χ4v) is 2.17. The van der Waals surface area contributed by atoms with Crippen LogP contribution in [-0.4, -0.2) is 0 Å². The van der Waals surface area contributed by atoms with Crippen molar-refractivity contribution in [3.8, 4) is 0 Å². The Kier molecular flexibility index (Phi) is 1.51. The quantitative estimate of drug-likeness (QED) is 0.572. The minimum Gasteiger partial charge on any atom is -0.0726 e. The first-order valence-corrected chi connectivity index (χ1v) is 4.94. The predicted octanol–water partition coefficient (Wildman–Crippen LogP) is 3.40. The molecule has 2 aliphatic rings. The Morgan fingerprint density at radius 2 is 2.14 bits per heavy atom. The lowest BCUT2D eigenvalue weighted by Gasteiger charge is -2.12. The van der Waals surface area contributed by atoms with E-state index in [1.165, 1.54) is 22.3 Å². The first-order valence-electron chi connectivity index (χ1n) is 4.94. The maximum Gasteiger partial charge on any atom is 0.0278 e. The second kappa shape index (κ2) is 2.71. The molecule has 0 N–H and O–H groups in total. The average Bonchev–Trinajstić information content (AvgIpc) is 2.54. The van der Waals surface area contributed by atoms with Crippen molar-refractivity contribution in [3.05, 3.63) is 64.8 Å². The summed E-state index contributed by atoms with van der Waals surface area (Å²) >= 11 is 0. The molecule has 0 fully saturated rings. The molecule has 0 saturated carbocycles. The number of rotatable bonds is 0. The fourth-order valence-electron chi connectivity index (χ4n) is 2.17. The topological polar surface area (TPSA) is 0 Å². The average molecular weight is 179 g/mol. The molecule has 1 aromatic rings. The molecule has 0 heterocycles. The molecule has 0 saturated heterocycles. The zero-order chi connectivity index (χ0) is 9.54. The van der Waals surface area contributed by atoms with E-state index in [4.69, 9.17) is 0 Å². The Morgan fingerprint density at radius 1 is 1.21 bits per heavy atom. The van der Waals surface area contributed by atoms with Crippen LogP contribution in [0.4, 0.5) is 0 Å². The second-order valence-electron chi connectivity index (χ2n) is 3.88. The van der Waals surface area contributed by atoms with E-state index in [2.05, 4.69) is 55.5 Å². The maximum absolute atomic E-state index is 3.40.